The van der Waals surface area contributed by atoms with Gasteiger partial charge >= 0.3 is 0 Å². The van der Waals surface area contributed by atoms with Gasteiger partial charge in [0.05, 0.1) is 0 Å². The number of rotatable bonds is 6. The molecule has 0 atom stereocenters. The molecule has 1 aromatic carbocycles. The highest BCUT2D eigenvalue weighted by Crippen LogP contribution is 2.11. The van der Waals surface area contributed by atoms with Crippen LogP contribution in [0.4, 0.5) is 5.69 Å². The Morgan fingerprint density at radius 1 is 1.22 bits per heavy atom. The van der Waals surface area contributed by atoms with Gasteiger partial charge in [0.15, 0.2) is 0 Å². The zero-order chi connectivity index (χ0) is 12.8. The first-order chi connectivity index (χ1) is 8.75. The molecule has 0 fully saturated rings. The van der Waals surface area contributed by atoms with Gasteiger partial charge in [-0.25, -0.2) is 4.98 Å². The topological polar surface area (TPSA) is 56.8 Å². The Morgan fingerprint density at radius 2 is 2.00 bits per heavy atom. The van der Waals surface area contributed by atoms with Crippen LogP contribution in [0.5, 0.6) is 0 Å². The molecule has 0 aliphatic heterocycles. The molecule has 18 heavy (non-hydrogen) atoms. The summed E-state index contributed by atoms with van der Waals surface area (Å²) < 4.78 is 0. The third-order valence-corrected chi connectivity index (χ3v) is 2.79. The fourth-order valence-corrected chi connectivity index (χ4v) is 1.70. The van der Waals surface area contributed by atoms with Gasteiger partial charge in [0.2, 0.25) is 0 Å². The van der Waals surface area contributed by atoms with Gasteiger partial charge in [-0.15, -0.1) is 0 Å². The van der Waals surface area contributed by atoms with Gasteiger partial charge in [-0.05, 0) is 17.7 Å². The standard InChI is InChI=1S/C13H19N5/c1-18(2)12-5-3-11(4-6-12)9-14-8-7-13-15-10-16-17-13/h3-6,10,14H,7-9H2,1-2H3,(H,15,16,17). The molecular formula is C13H19N5. The maximum atomic E-state index is 4.08. The fraction of sp³-hybridized carbons (Fsp3) is 0.385. The molecule has 2 N–H and O–H groups in total. The second-order valence-electron chi connectivity index (χ2n) is 4.42. The minimum absolute atomic E-state index is 0.871. The molecular weight excluding hydrogens is 226 g/mol. The Morgan fingerprint density at radius 3 is 2.61 bits per heavy atom. The van der Waals surface area contributed by atoms with E-state index >= 15 is 0 Å². The molecule has 0 spiro atoms. The molecule has 0 aliphatic carbocycles. The SMILES string of the molecule is CN(C)c1ccc(CNCCc2ncn[nH]2)cc1. The number of hydrogen-bond acceptors (Lipinski definition) is 4. The summed E-state index contributed by atoms with van der Waals surface area (Å²) in [5.41, 5.74) is 2.51. The third kappa shape index (κ3) is 3.56. The van der Waals surface area contributed by atoms with E-state index in [2.05, 4.69) is 49.7 Å². The number of aromatic amines is 1. The lowest BCUT2D eigenvalue weighted by Gasteiger charge is -2.12. The molecule has 1 heterocycles. The van der Waals surface area contributed by atoms with Crippen molar-refractivity contribution in [1.82, 2.24) is 20.5 Å². The molecule has 0 amide bonds. The van der Waals surface area contributed by atoms with Crippen molar-refractivity contribution in [2.75, 3.05) is 25.5 Å². The first-order valence-electron chi connectivity index (χ1n) is 6.07. The number of nitrogens with zero attached hydrogens (tertiary/aromatic N) is 3. The van der Waals surface area contributed by atoms with E-state index in [0.717, 1.165) is 25.3 Å². The quantitative estimate of drug-likeness (QED) is 0.751. The van der Waals surface area contributed by atoms with Crippen LogP contribution < -0.4 is 10.2 Å². The van der Waals surface area contributed by atoms with E-state index in [0.29, 0.717) is 0 Å². The molecule has 0 saturated heterocycles. The lowest BCUT2D eigenvalue weighted by atomic mass is 10.2. The summed E-state index contributed by atoms with van der Waals surface area (Å²) in [7, 11) is 4.09. The van der Waals surface area contributed by atoms with Crippen LogP contribution in [0, 0.1) is 0 Å². The van der Waals surface area contributed by atoms with Crippen molar-refractivity contribution in [3.05, 3.63) is 42.0 Å². The van der Waals surface area contributed by atoms with Gasteiger partial charge < -0.3 is 10.2 Å². The Labute approximate surface area is 107 Å². The number of hydrogen-bond donors (Lipinski definition) is 2. The molecule has 0 radical (unpaired) electrons. The van der Waals surface area contributed by atoms with Crippen LogP contribution in [0.3, 0.4) is 0 Å². The fourth-order valence-electron chi connectivity index (χ4n) is 1.70. The van der Waals surface area contributed by atoms with Crippen LogP contribution in [0.2, 0.25) is 0 Å². The summed E-state index contributed by atoms with van der Waals surface area (Å²) >= 11 is 0. The van der Waals surface area contributed by atoms with Crippen molar-refractivity contribution in [2.24, 2.45) is 0 Å². The van der Waals surface area contributed by atoms with Crippen LogP contribution in [-0.2, 0) is 13.0 Å². The molecule has 5 heteroatoms. The van der Waals surface area contributed by atoms with Crippen molar-refractivity contribution in [3.63, 3.8) is 0 Å². The van der Waals surface area contributed by atoms with E-state index in [4.69, 9.17) is 0 Å². The Kier molecular flexibility index (Phi) is 4.30. The number of aromatic nitrogens is 3. The number of anilines is 1. The van der Waals surface area contributed by atoms with Gasteiger partial charge in [-0.1, -0.05) is 12.1 Å². The number of nitrogens with one attached hydrogen (secondary N) is 2. The maximum Gasteiger partial charge on any atom is 0.137 e. The van der Waals surface area contributed by atoms with Crippen molar-refractivity contribution in [1.29, 1.82) is 0 Å². The minimum Gasteiger partial charge on any atom is -0.378 e. The lowest BCUT2D eigenvalue weighted by Crippen LogP contribution is -2.17. The van der Waals surface area contributed by atoms with Gasteiger partial charge in [0, 0.05) is 39.3 Å². The molecule has 5 nitrogen and oxygen atoms in total. The van der Waals surface area contributed by atoms with Crippen LogP contribution in [-0.4, -0.2) is 35.8 Å². The zero-order valence-electron chi connectivity index (χ0n) is 10.8. The Balaban J connectivity index is 1.73. The summed E-state index contributed by atoms with van der Waals surface area (Å²) in [5.74, 6) is 0.922. The van der Waals surface area contributed by atoms with E-state index in [-0.39, 0.29) is 0 Å². The number of benzene rings is 1. The van der Waals surface area contributed by atoms with Gasteiger partial charge in [0.25, 0.3) is 0 Å². The third-order valence-electron chi connectivity index (χ3n) is 2.79. The monoisotopic (exact) mass is 245 g/mol. The zero-order valence-corrected chi connectivity index (χ0v) is 10.8. The summed E-state index contributed by atoms with van der Waals surface area (Å²) in [6, 6.07) is 8.56. The van der Waals surface area contributed by atoms with Crippen molar-refractivity contribution in [3.8, 4) is 0 Å². The lowest BCUT2D eigenvalue weighted by molar-refractivity contribution is 0.671. The van der Waals surface area contributed by atoms with Crippen molar-refractivity contribution in [2.45, 2.75) is 13.0 Å². The molecule has 2 aromatic rings. The summed E-state index contributed by atoms with van der Waals surface area (Å²) in [4.78, 5) is 6.18. The molecule has 1 aromatic heterocycles. The van der Waals surface area contributed by atoms with Crippen LogP contribution in [0.15, 0.2) is 30.6 Å². The van der Waals surface area contributed by atoms with Gasteiger partial charge in [-0.2, -0.15) is 5.10 Å². The predicted octanol–water partition coefficient (Wildman–Crippen LogP) is 1.20. The molecule has 2 rings (SSSR count). The highest BCUT2D eigenvalue weighted by Gasteiger charge is 1.97. The van der Waals surface area contributed by atoms with Crippen molar-refractivity contribution < 1.29 is 0 Å². The Hall–Kier alpha value is -1.88. The van der Waals surface area contributed by atoms with E-state index in [9.17, 15) is 0 Å². The predicted molar refractivity (Wildman–Crippen MR) is 72.6 cm³/mol. The second kappa shape index (κ2) is 6.16. The van der Waals surface area contributed by atoms with E-state index in [1.54, 1.807) is 0 Å². The Bertz CT molecular complexity index is 447. The second-order valence-corrected chi connectivity index (χ2v) is 4.42. The smallest absolute Gasteiger partial charge is 0.137 e. The minimum atomic E-state index is 0.871. The highest BCUT2D eigenvalue weighted by molar-refractivity contribution is 5.45. The van der Waals surface area contributed by atoms with E-state index in [1.807, 2.05) is 14.1 Å². The molecule has 0 saturated carbocycles. The summed E-state index contributed by atoms with van der Waals surface area (Å²) in [6.07, 6.45) is 2.41. The van der Waals surface area contributed by atoms with E-state index in [1.165, 1.54) is 17.6 Å². The maximum absolute atomic E-state index is 4.08. The van der Waals surface area contributed by atoms with E-state index < -0.39 is 0 Å². The van der Waals surface area contributed by atoms with Gasteiger partial charge in [0.1, 0.15) is 12.2 Å². The molecule has 0 aliphatic rings. The first kappa shape index (κ1) is 12.6. The van der Waals surface area contributed by atoms with Crippen LogP contribution in [0.1, 0.15) is 11.4 Å². The normalized spacial score (nSPS) is 10.6. The van der Waals surface area contributed by atoms with Crippen LogP contribution in [0.25, 0.3) is 0 Å². The highest BCUT2D eigenvalue weighted by atomic mass is 15.2. The van der Waals surface area contributed by atoms with Crippen molar-refractivity contribution >= 4 is 5.69 Å². The van der Waals surface area contributed by atoms with Crippen LogP contribution >= 0.6 is 0 Å². The largest absolute Gasteiger partial charge is 0.378 e. The first-order valence-corrected chi connectivity index (χ1v) is 6.07. The van der Waals surface area contributed by atoms with Gasteiger partial charge in [-0.3, -0.25) is 5.10 Å². The average Bonchev–Trinajstić information content (AvgIpc) is 2.88. The molecule has 96 valence electrons. The molecule has 0 bridgehead atoms. The summed E-state index contributed by atoms with van der Waals surface area (Å²) in [6.45, 7) is 1.77. The number of H-pyrrole nitrogens is 1. The molecule has 0 unspecified atom stereocenters. The average molecular weight is 245 g/mol. The summed E-state index contributed by atoms with van der Waals surface area (Å²) in [5, 5.41) is 10.1.